The average molecular weight is 242 g/mol. The minimum Gasteiger partial charge on any atom is -0.383 e. The summed E-state index contributed by atoms with van der Waals surface area (Å²) in [4.78, 5) is 2.59. The third kappa shape index (κ3) is 4.94. The van der Waals surface area contributed by atoms with E-state index >= 15 is 0 Å². The van der Waals surface area contributed by atoms with Gasteiger partial charge in [-0.3, -0.25) is 4.90 Å². The molecule has 0 aromatic carbocycles. The fourth-order valence-electron chi connectivity index (χ4n) is 2.82. The van der Waals surface area contributed by atoms with Crippen molar-refractivity contribution in [1.82, 2.24) is 4.90 Å². The molecule has 1 aliphatic carbocycles. The molecule has 3 heteroatoms. The number of hydrogen-bond acceptors (Lipinski definition) is 3. The maximum Gasteiger partial charge on any atom is 0.0589 e. The van der Waals surface area contributed by atoms with Crippen molar-refractivity contribution in [1.29, 1.82) is 0 Å². The highest BCUT2D eigenvalue weighted by molar-refractivity contribution is 4.91. The van der Waals surface area contributed by atoms with Gasteiger partial charge in [0.25, 0.3) is 0 Å². The Kier molecular flexibility index (Phi) is 6.45. The van der Waals surface area contributed by atoms with Crippen LogP contribution in [0.5, 0.6) is 0 Å². The Labute approximate surface area is 107 Å². The van der Waals surface area contributed by atoms with E-state index < -0.39 is 0 Å². The second-order valence-electron chi connectivity index (χ2n) is 5.87. The zero-order valence-electron chi connectivity index (χ0n) is 12.0. The maximum atomic E-state index is 6.01. The van der Waals surface area contributed by atoms with E-state index in [1.54, 1.807) is 7.11 Å². The first-order valence-electron chi connectivity index (χ1n) is 7.04. The van der Waals surface area contributed by atoms with Crippen molar-refractivity contribution in [3.05, 3.63) is 0 Å². The summed E-state index contributed by atoms with van der Waals surface area (Å²) in [7, 11) is 1.78. The van der Waals surface area contributed by atoms with Crippen LogP contribution in [0.2, 0.25) is 0 Å². The van der Waals surface area contributed by atoms with Crippen molar-refractivity contribution in [3.8, 4) is 0 Å². The van der Waals surface area contributed by atoms with E-state index in [9.17, 15) is 0 Å². The molecule has 0 radical (unpaired) electrons. The van der Waals surface area contributed by atoms with E-state index in [4.69, 9.17) is 10.5 Å². The Morgan fingerprint density at radius 3 is 2.35 bits per heavy atom. The van der Waals surface area contributed by atoms with Crippen molar-refractivity contribution in [2.24, 2.45) is 17.6 Å². The van der Waals surface area contributed by atoms with E-state index in [0.29, 0.717) is 12.0 Å². The van der Waals surface area contributed by atoms with Crippen LogP contribution in [0.1, 0.15) is 40.0 Å². The summed E-state index contributed by atoms with van der Waals surface area (Å²) in [6.45, 7) is 9.56. The van der Waals surface area contributed by atoms with Crippen LogP contribution in [0.15, 0.2) is 0 Å². The molecule has 0 aromatic rings. The summed E-state index contributed by atoms with van der Waals surface area (Å²) in [5.41, 5.74) is 6.01. The molecule has 0 heterocycles. The van der Waals surface area contributed by atoms with E-state index in [1.165, 1.54) is 19.3 Å². The van der Waals surface area contributed by atoms with Crippen LogP contribution in [0, 0.1) is 11.8 Å². The highest BCUT2D eigenvalue weighted by atomic mass is 16.5. The topological polar surface area (TPSA) is 38.5 Å². The van der Waals surface area contributed by atoms with Gasteiger partial charge in [0, 0.05) is 32.3 Å². The van der Waals surface area contributed by atoms with Gasteiger partial charge >= 0.3 is 0 Å². The first kappa shape index (κ1) is 14.9. The molecular formula is C14H30N2O. The lowest BCUT2D eigenvalue weighted by atomic mass is 9.91. The van der Waals surface area contributed by atoms with Crippen LogP contribution in [-0.4, -0.2) is 43.8 Å². The van der Waals surface area contributed by atoms with Gasteiger partial charge < -0.3 is 10.5 Å². The Morgan fingerprint density at radius 2 is 1.94 bits per heavy atom. The number of ether oxygens (including phenoxy) is 1. The number of methoxy groups -OCH3 is 1. The molecule has 0 aliphatic heterocycles. The molecule has 17 heavy (non-hydrogen) atoms. The second-order valence-corrected chi connectivity index (χ2v) is 5.87. The first-order chi connectivity index (χ1) is 8.10. The normalized spacial score (nSPS) is 19.9. The van der Waals surface area contributed by atoms with E-state index in [0.717, 1.165) is 31.7 Å². The molecule has 3 nitrogen and oxygen atoms in total. The molecule has 1 fully saturated rings. The Morgan fingerprint density at radius 1 is 1.29 bits per heavy atom. The SMILES string of the molecule is COCCN(C1CC1)C(CN)C(C)CC(C)C. The van der Waals surface area contributed by atoms with Gasteiger partial charge in [0.15, 0.2) is 0 Å². The fraction of sp³-hybridized carbons (Fsp3) is 1.00. The van der Waals surface area contributed by atoms with Crippen LogP contribution < -0.4 is 5.73 Å². The molecule has 2 unspecified atom stereocenters. The second kappa shape index (κ2) is 7.34. The fourth-order valence-corrected chi connectivity index (χ4v) is 2.82. The predicted molar refractivity (Wildman–Crippen MR) is 73.1 cm³/mol. The molecule has 102 valence electrons. The Balaban J connectivity index is 2.53. The van der Waals surface area contributed by atoms with Crippen LogP contribution in [0.4, 0.5) is 0 Å². The van der Waals surface area contributed by atoms with Crippen LogP contribution in [0.3, 0.4) is 0 Å². The van der Waals surface area contributed by atoms with Crippen molar-refractivity contribution in [2.45, 2.75) is 52.1 Å². The number of hydrogen-bond donors (Lipinski definition) is 1. The molecular weight excluding hydrogens is 212 g/mol. The molecule has 2 atom stereocenters. The molecule has 0 spiro atoms. The molecule has 0 amide bonds. The third-order valence-corrected chi connectivity index (χ3v) is 3.74. The quantitative estimate of drug-likeness (QED) is 0.673. The highest BCUT2D eigenvalue weighted by Crippen LogP contribution is 2.31. The smallest absolute Gasteiger partial charge is 0.0589 e. The average Bonchev–Trinajstić information content (AvgIpc) is 3.06. The van der Waals surface area contributed by atoms with Gasteiger partial charge in [-0.1, -0.05) is 20.8 Å². The molecule has 0 bridgehead atoms. The van der Waals surface area contributed by atoms with Gasteiger partial charge in [-0.05, 0) is 31.1 Å². The third-order valence-electron chi connectivity index (χ3n) is 3.74. The maximum absolute atomic E-state index is 6.01. The van der Waals surface area contributed by atoms with Gasteiger partial charge in [-0.15, -0.1) is 0 Å². The van der Waals surface area contributed by atoms with Gasteiger partial charge in [0.1, 0.15) is 0 Å². The van der Waals surface area contributed by atoms with Crippen molar-refractivity contribution in [2.75, 3.05) is 26.8 Å². The predicted octanol–water partition coefficient (Wildman–Crippen LogP) is 2.11. The van der Waals surface area contributed by atoms with Crippen LogP contribution in [-0.2, 0) is 4.74 Å². The van der Waals surface area contributed by atoms with Crippen molar-refractivity contribution in [3.63, 3.8) is 0 Å². The van der Waals surface area contributed by atoms with E-state index in [2.05, 4.69) is 25.7 Å². The zero-order valence-corrected chi connectivity index (χ0v) is 12.0. The molecule has 2 N–H and O–H groups in total. The lowest BCUT2D eigenvalue weighted by molar-refractivity contribution is 0.0880. The standard InChI is InChI=1S/C14H30N2O/c1-11(2)9-12(3)14(10-15)16(7-8-17-4)13-5-6-13/h11-14H,5-10,15H2,1-4H3. The first-order valence-corrected chi connectivity index (χ1v) is 7.04. The summed E-state index contributed by atoms with van der Waals surface area (Å²) in [5.74, 6) is 1.43. The summed E-state index contributed by atoms with van der Waals surface area (Å²) in [5, 5.41) is 0. The van der Waals surface area contributed by atoms with E-state index in [1.807, 2.05) is 0 Å². The largest absolute Gasteiger partial charge is 0.383 e. The molecule has 1 rings (SSSR count). The molecule has 1 saturated carbocycles. The van der Waals surface area contributed by atoms with Crippen LogP contribution >= 0.6 is 0 Å². The lowest BCUT2D eigenvalue weighted by Gasteiger charge is -2.35. The zero-order chi connectivity index (χ0) is 12.8. The van der Waals surface area contributed by atoms with Crippen molar-refractivity contribution < 1.29 is 4.74 Å². The highest BCUT2D eigenvalue weighted by Gasteiger charge is 2.35. The summed E-state index contributed by atoms with van der Waals surface area (Å²) >= 11 is 0. The van der Waals surface area contributed by atoms with Gasteiger partial charge in [0.05, 0.1) is 6.61 Å². The summed E-state index contributed by atoms with van der Waals surface area (Å²) < 4.78 is 5.22. The van der Waals surface area contributed by atoms with Gasteiger partial charge in [-0.25, -0.2) is 0 Å². The minimum absolute atomic E-state index is 0.528. The minimum atomic E-state index is 0.528. The van der Waals surface area contributed by atoms with Crippen molar-refractivity contribution >= 4 is 0 Å². The van der Waals surface area contributed by atoms with Gasteiger partial charge in [0.2, 0.25) is 0 Å². The number of nitrogens with zero attached hydrogens (tertiary/aromatic N) is 1. The summed E-state index contributed by atoms with van der Waals surface area (Å²) in [6, 6.07) is 1.30. The monoisotopic (exact) mass is 242 g/mol. The van der Waals surface area contributed by atoms with E-state index in [-0.39, 0.29) is 0 Å². The molecule has 0 aromatic heterocycles. The lowest BCUT2D eigenvalue weighted by Crippen LogP contribution is -2.47. The molecule has 1 aliphatic rings. The number of nitrogens with two attached hydrogens (primary N) is 1. The summed E-state index contributed by atoms with van der Waals surface area (Å²) in [6.07, 6.45) is 3.95. The Bertz CT molecular complexity index is 204. The Hall–Kier alpha value is -0.120. The number of rotatable bonds is 9. The molecule has 0 saturated heterocycles. The van der Waals surface area contributed by atoms with Gasteiger partial charge in [-0.2, -0.15) is 0 Å². The van der Waals surface area contributed by atoms with Crippen LogP contribution in [0.25, 0.3) is 0 Å².